The van der Waals surface area contributed by atoms with Crippen LogP contribution < -0.4 is 10.6 Å². The van der Waals surface area contributed by atoms with Gasteiger partial charge in [0.15, 0.2) is 0 Å². The molecule has 7 heteroatoms. The van der Waals surface area contributed by atoms with Crippen LogP contribution in [0.5, 0.6) is 0 Å². The van der Waals surface area contributed by atoms with Gasteiger partial charge in [0, 0.05) is 17.3 Å². The molecule has 23 heavy (non-hydrogen) atoms. The Morgan fingerprint density at radius 2 is 1.96 bits per heavy atom. The van der Waals surface area contributed by atoms with E-state index >= 15 is 0 Å². The minimum absolute atomic E-state index is 0.284. The second-order valence-electron chi connectivity index (χ2n) is 5.47. The maximum absolute atomic E-state index is 12.3. The maximum Gasteiger partial charge on any atom is 0.274 e. The van der Waals surface area contributed by atoms with Crippen molar-refractivity contribution in [2.75, 3.05) is 10.6 Å². The van der Waals surface area contributed by atoms with Crippen molar-refractivity contribution >= 4 is 40.7 Å². The van der Waals surface area contributed by atoms with E-state index < -0.39 is 0 Å². The molecule has 2 aromatic rings. The van der Waals surface area contributed by atoms with E-state index in [0.717, 1.165) is 12.8 Å². The van der Waals surface area contributed by atoms with Gasteiger partial charge in [-0.1, -0.05) is 36.0 Å². The van der Waals surface area contributed by atoms with Gasteiger partial charge in [-0.2, -0.15) is 0 Å². The molecule has 3 rings (SSSR count). The average Bonchev–Trinajstić information content (AvgIpc) is 3.03. The molecule has 0 saturated heterocycles. The Hall–Kier alpha value is -1.85. The molecule has 0 radical (unpaired) electrons. The van der Waals surface area contributed by atoms with E-state index in [1.165, 1.54) is 12.8 Å². The van der Waals surface area contributed by atoms with E-state index in [9.17, 15) is 4.79 Å². The molecular formula is C16H16Cl2N4O. The number of hydrogen-bond acceptors (Lipinski definition) is 4. The summed E-state index contributed by atoms with van der Waals surface area (Å²) in [6.07, 6.45) is 6.23. The first-order chi connectivity index (χ1) is 11.1. The average molecular weight is 351 g/mol. The fourth-order valence-electron chi connectivity index (χ4n) is 2.58. The molecule has 0 unspecified atom stereocenters. The molecule has 1 heterocycles. The van der Waals surface area contributed by atoms with Gasteiger partial charge in [-0.05, 0) is 37.1 Å². The highest BCUT2D eigenvalue weighted by Crippen LogP contribution is 2.26. The third-order valence-electron chi connectivity index (χ3n) is 3.76. The number of carbonyl (C=O) groups is 1. The van der Waals surface area contributed by atoms with Crippen LogP contribution in [0.3, 0.4) is 0 Å². The topological polar surface area (TPSA) is 66.9 Å². The van der Waals surface area contributed by atoms with Crippen LogP contribution in [0.25, 0.3) is 0 Å². The zero-order valence-corrected chi connectivity index (χ0v) is 13.9. The van der Waals surface area contributed by atoms with Crippen molar-refractivity contribution in [3.63, 3.8) is 0 Å². The number of carbonyl (C=O) groups excluding carboxylic acids is 1. The molecule has 1 amide bonds. The van der Waals surface area contributed by atoms with Crippen molar-refractivity contribution in [3.8, 4) is 0 Å². The Labute approximate surface area is 144 Å². The number of hydrogen-bond donors (Lipinski definition) is 2. The zero-order valence-electron chi connectivity index (χ0n) is 12.4. The Morgan fingerprint density at radius 1 is 1.17 bits per heavy atom. The number of nitrogens with zero attached hydrogens (tertiary/aromatic N) is 2. The number of anilines is 2. The number of aromatic nitrogens is 2. The van der Waals surface area contributed by atoms with E-state index in [0.29, 0.717) is 27.7 Å². The van der Waals surface area contributed by atoms with E-state index in [-0.39, 0.29) is 11.6 Å². The minimum atomic E-state index is -0.342. The van der Waals surface area contributed by atoms with E-state index in [4.69, 9.17) is 23.2 Å². The quantitative estimate of drug-likeness (QED) is 0.857. The third kappa shape index (κ3) is 4.12. The fourth-order valence-corrected chi connectivity index (χ4v) is 3.04. The second kappa shape index (κ2) is 7.15. The van der Waals surface area contributed by atoms with Gasteiger partial charge in [0.1, 0.15) is 5.69 Å². The SMILES string of the molecule is O=C(Nc1ccc(Cl)cc1Cl)c1ccnc(NC2CCCC2)n1. The number of rotatable bonds is 4. The molecule has 5 nitrogen and oxygen atoms in total. The Morgan fingerprint density at radius 3 is 2.70 bits per heavy atom. The van der Waals surface area contributed by atoms with Gasteiger partial charge in [0.05, 0.1) is 10.7 Å². The smallest absolute Gasteiger partial charge is 0.274 e. The van der Waals surface area contributed by atoms with Gasteiger partial charge < -0.3 is 10.6 Å². The first-order valence-corrected chi connectivity index (χ1v) is 8.23. The van der Waals surface area contributed by atoms with Crippen LogP contribution in [0.2, 0.25) is 10.0 Å². The van der Waals surface area contributed by atoms with Crippen LogP contribution in [0.1, 0.15) is 36.2 Å². The van der Waals surface area contributed by atoms with Gasteiger partial charge in [0.25, 0.3) is 5.91 Å². The van der Waals surface area contributed by atoms with Gasteiger partial charge in [0.2, 0.25) is 5.95 Å². The summed E-state index contributed by atoms with van der Waals surface area (Å²) < 4.78 is 0. The number of halogens is 2. The summed E-state index contributed by atoms with van der Waals surface area (Å²) in [5.74, 6) is 0.137. The number of benzene rings is 1. The highest BCUT2D eigenvalue weighted by Gasteiger charge is 2.17. The summed E-state index contributed by atoms with van der Waals surface area (Å²) in [4.78, 5) is 20.8. The summed E-state index contributed by atoms with van der Waals surface area (Å²) >= 11 is 11.9. The molecule has 1 aromatic carbocycles. The summed E-state index contributed by atoms with van der Waals surface area (Å²) in [5, 5.41) is 6.89. The van der Waals surface area contributed by atoms with Gasteiger partial charge >= 0.3 is 0 Å². The lowest BCUT2D eigenvalue weighted by Gasteiger charge is -2.12. The standard InChI is InChI=1S/C16H16Cl2N4O/c17-10-5-6-13(12(18)9-10)21-15(23)14-7-8-19-16(22-14)20-11-3-1-2-4-11/h5-9,11H,1-4H2,(H,21,23)(H,19,20,22). The molecule has 1 saturated carbocycles. The molecule has 2 N–H and O–H groups in total. The lowest BCUT2D eigenvalue weighted by Crippen LogP contribution is -2.19. The molecule has 1 aliphatic carbocycles. The monoisotopic (exact) mass is 350 g/mol. The third-order valence-corrected chi connectivity index (χ3v) is 4.30. The highest BCUT2D eigenvalue weighted by atomic mass is 35.5. The minimum Gasteiger partial charge on any atom is -0.351 e. The van der Waals surface area contributed by atoms with E-state index in [2.05, 4.69) is 20.6 Å². The van der Waals surface area contributed by atoms with E-state index in [1.54, 1.807) is 30.5 Å². The molecule has 120 valence electrons. The van der Waals surface area contributed by atoms with Crippen molar-refractivity contribution in [2.45, 2.75) is 31.7 Å². The molecule has 0 spiro atoms. The summed E-state index contributed by atoms with van der Waals surface area (Å²) in [7, 11) is 0. The summed E-state index contributed by atoms with van der Waals surface area (Å²) in [6.45, 7) is 0. The van der Waals surface area contributed by atoms with Gasteiger partial charge in [-0.3, -0.25) is 4.79 Å². The lowest BCUT2D eigenvalue weighted by molar-refractivity contribution is 0.102. The number of nitrogens with one attached hydrogen (secondary N) is 2. The molecule has 1 aliphatic rings. The Balaban J connectivity index is 1.71. The summed E-state index contributed by atoms with van der Waals surface area (Å²) in [6, 6.07) is 6.85. The van der Waals surface area contributed by atoms with Gasteiger partial charge in [-0.25, -0.2) is 9.97 Å². The van der Waals surface area contributed by atoms with Crippen molar-refractivity contribution < 1.29 is 4.79 Å². The van der Waals surface area contributed by atoms with Crippen LogP contribution in [-0.2, 0) is 0 Å². The number of amides is 1. The van der Waals surface area contributed by atoms with Crippen LogP contribution in [-0.4, -0.2) is 21.9 Å². The largest absolute Gasteiger partial charge is 0.351 e. The second-order valence-corrected chi connectivity index (χ2v) is 6.31. The normalized spacial score (nSPS) is 14.7. The first-order valence-electron chi connectivity index (χ1n) is 7.48. The van der Waals surface area contributed by atoms with Crippen LogP contribution in [0.15, 0.2) is 30.5 Å². The first kappa shape index (κ1) is 16.0. The maximum atomic E-state index is 12.3. The molecule has 0 aliphatic heterocycles. The molecule has 0 atom stereocenters. The Bertz CT molecular complexity index is 717. The van der Waals surface area contributed by atoms with Crippen molar-refractivity contribution in [1.29, 1.82) is 0 Å². The molecule has 1 fully saturated rings. The highest BCUT2D eigenvalue weighted by molar-refractivity contribution is 6.36. The lowest BCUT2D eigenvalue weighted by atomic mass is 10.2. The Kier molecular flexibility index (Phi) is 4.98. The predicted molar refractivity (Wildman–Crippen MR) is 92.3 cm³/mol. The van der Waals surface area contributed by atoms with Crippen LogP contribution in [0.4, 0.5) is 11.6 Å². The van der Waals surface area contributed by atoms with Crippen molar-refractivity contribution in [1.82, 2.24) is 9.97 Å². The van der Waals surface area contributed by atoms with Gasteiger partial charge in [-0.15, -0.1) is 0 Å². The molecule has 1 aromatic heterocycles. The van der Waals surface area contributed by atoms with Crippen molar-refractivity contribution in [2.24, 2.45) is 0 Å². The van der Waals surface area contributed by atoms with Crippen LogP contribution >= 0.6 is 23.2 Å². The van der Waals surface area contributed by atoms with E-state index in [1.807, 2.05) is 0 Å². The predicted octanol–water partition coefficient (Wildman–Crippen LogP) is 4.39. The van der Waals surface area contributed by atoms with Crippen LogP contribution in [0, 0.1) is 0 Å². The molecular weight excluding hydrogens is 335 g/mol. The summed E-state index contributed by atoms with van der Waals surface area (Å²) in [5.41, 5.74) is 0.775. The molecule has 0 bridgehead atoms. The zero-order chi connectivity index (χ0) is 16.2. The fraction of sp³-hybridized carbons (Fsp3) is 0.312. The van der Waals surface area contributed by atoms with Crippen molar-refractivity contribution in [3.05, 3.63) is 46.2 Å².